The molecule has 11 nitrogen and oxygen atoms in total. The number of nitrogens with two attached hydrogens (primary N) is 1. The SMILES string of the molecule is Cn1nc([N+](=O)[O-])nc1C(=O)OCC(O)C(N)=O. The Labute approximate surface area is 99.3 Å². The van der Waals surface area contributed by atoms with Gasteiger partial charge in [-0.05, 0) is 9.91 Å². The molecule has 1 rings (SSSR count). The number of primary amides is 1. The van der Waals surface area contributed by atoms with Crippen LogP contribution in [-0.4, -0.2) is 49.4 Å². The van der Waals surface area contributed by atoms with E-state index in [0.717, 1.165) is 4.68 Å². The molecule has 0 saturated heterocycles. The Bertz CT molecular complexity index is 497. The maximum Gasteiger partial charge on any atom is 0.491 e. The molecule has 0 saturated carbocycles. The van der Waals surface area contributed by atoms with Gasteiger partial charge in [-0.25, -0.2) is 4.79 Å². The van der Waals surface area contributed by atoms with Crippen LogP contribution in [0, 0.1) is 10.1 Å². The van der Waals surface area contributed by atoms with Crippen molar-refractivity contribution in [3.8, 4) is 0 Å². The van der Waals surface area contributed by atoms with Gasteiger partial charge in [-0.1, -0.05) is 0 Å². The number of aryl methyl sites for hydroxylation is 1. The minimum atomic E-state index is -1.66. The molecule has 1 unspecified atom stereocenters. The molecule has 0 radical (unpaired) electrons. The van der Waals surface area contributed by atoms with Crippen LogP contribution in [0.5, 0.6) is 0 Å². The molecule has 18 heavy (non-hydrogen) atoms. The van der Waals surface area contributed by atoms with Gasteiger partial charge in [0.25, 0.3) is 0 Å². The highest BCUT2D eigenvalue weighted by molar-refractivity contribution is 5.86. The Morgan fingerprint density at radius 2 is 2.28 bits per heavy atom. The second-order valence-corrected chi connectivity index (χ2v) is 3.13. The Morgan fingerprint density at radius 1 is 1.67 bits per heavy atom. The summed E-state index contributed by atoms with van der Waals surface area (Å²) in [6, 6.07) is 0. The summed E-state index contributed by atoms with van der Waals surface area (Å²) in [6.07, 6.45) is -1.66. The van der Waals surface area contributed by atoms with Crippen molar-refractivity contribution < 1.29 is 24.4 Å². The minimum Gasteiger partial charge on any atom is -0.455 e. The first kappa shape index (κ1) is 13.5. The van der Waals surface area contributed by atoms with E-state index in [4.69, 9.17) is 10.8 Å². The zero-order chi connectivity index (χ0) is 13.9. The fraction of sp³-hybridized carbons (Fsp3) is 0.429. The molecule has 0 bridgehead atoms. The smallest absolute Gasteiger partial charge is 0.455 e. The third kappa shape index (κ3) is 2.98. The Kier molecular flexibility index (Phi) is 3.89. The van der Waals surface area contributed by atoms with E-state index in [1.165, 1.54) is 7.05 Å². The van der Waals surface area contributed by atoms with E-state index in [9.17, 15) is 19.7 Å². The Morgan fingerprint density at radius 3 is 2.72 bits per heavy atom. The molecular formula is C7H9N5O6. The number of amides is 1. The van der Waals surface area contributed by atoms with Gasteiger partial charge in [0, 0.05) is 12.1 Å². The van der Waals surface area contributed by atoms with E-state index >= 15 is 0 Å². The maximum atomic E-state index is 11.4. The van der Waals surface area contributed by atoms with Gasteiger partial charge in [-0.3, -0.25) is 4.79 Å². The summed E-state index contributed by atoms with van der Waals surface area (Å²) in [5.74, 6) is -3.33. The second-order valence-electron chi connectivity index (χ2n) is 3.13. The third-order valence-corrected chi connectivity index (χ3v) is 1.80. The molecule has 1 heterocycles. The van der Waals surface area contributed by atoms with Gasteiger partial charge in [-0.2, -0.15) is 4.68 Å². The number of carbonyl (C=O) groups is 2. The predicted molar refractivity (Wildman–Crippen MR) is 53.1 cm³/mol. The highest BCUT2D eigenvalue weighted by Crippen LogP contribution is 2.06. The summed E-state index contributed by atoms with van der Waals surface area (Å²) in [4.78, 5) is 34.7. The van der Waals surface area contributed by atoms with E-state index < -0.39 is 41.3 Å². The molecule has 0 fully saturated rings. The minimum absolute atomic E-state index is 0.432. The molecule has 0 aliphatic heterocycles. The fourth-order valence-corrected chi connectivity index (χ4v) is 0.927. The molecule has 3 N–H and O–H groups in total. The van der Waals surface area contributed by atoms with Crippen molar-refractivity contribution in [1.82, 2.24) is 14.8 Å². The van der Waals surface area contributed by atoms with E-state index in [0.29, 0.717) is 0 Å². The van der Waals surface area contributed by atoms with Crippen molar-refractivity contribution in [2.45, 2.75) is 6.10 Å². The van der Waals surface area contributed by atoms with Crippen LogP contribution in [0.1, 0.15) is 10.6 Å². The zero-order valence-corrected chi connectivity index (χ0v) is 9.14. The van der Waals surface area contributed by atoms with Crippen LogP contribution < -0.4 is 5.73 Å². The van der Waals surface area contributed by atoms with Crippen LogP contribution in [-0.2, 0) is 16.6 Å². The van der Waals surface area contributed by atoms with Crippen molar-refractivity contribution >= 4 is 17.8 Å². The number of ether oxygens (including phenoxy) is 1. The number of aromatic nitrogens is 3. The van der Waals surface area contributed by atoms with E-state index in [1.54, 1.807) is 0 Å². The summed E-state index contributed by atoms with van der Waals surface area (Å²) in [7, 11) is 1.25. The molecule has 1 amide bonds. The first-order valence-electron chi connectivity index (χ1n) is 4.53. The lowest BCUT2D eigenvalue weighted by Crippen LogP contribution is -2.33. The normalized spacial score (nSPS) is 11.9. The van der Waals surface area contributed by atoms with Crippen LogP contribution in [0.4, 0.5) is 5.95 Å². The lowest BCUT2D eigenvalue weighted by Gasteiger charge is -2.05. The monoisotopic (exact) mass is 259 g/mol. The number of carbonyl (C=O) groups excluding carboxylic acids is 2. The van der Waals surface area contributed by atoms with Gasteiger partial charge in [0.1, 0.15) is 6.61 Å². The standard InChI is InChI=1S/C7H9N5O6/c1-11-5(9-7(10-11)12(16)17)6(15)18-2-3(13)4(8)14/h3,13H,2H2,1H3,(H2,8,14). The van der Waals surface area contributed by atoms with Gasteiger partial charge in [0.2, 0.25) is 5.91 Å². The summed E-state index contributed by atoms with van der Waals surface area (Å²) in [6.45, 7) is -0.672. The topological polar surface area (TPSA) is 163 Å². The highest BCUT2D eigenvalue weighted by atomic mass is 16.6. The summed E-state index contributed by atoms with van der Waals surface area (Å²) in [5.41, 5.74) is 4.73. The average Bonchev–Trinajstić information content (AvgIpc) is 2.67. The number of rotatable bonds is 5. The van der Waals surface area contributed by atoms with E-state index in [1.807, 2.05) is 0 Å². The van der Waals surface area contributed by atoms with E-state index in [-0.39, 0.29) is 0 Å². The van der Waals surface area contributed by atoms with Crippen molar-refractivity contribution in [3.63, 3.8) is 0 Å². The lowest BCUT2D eigenvalue weighted by atomic mass is 10.4. The predicted octanol–water partition coefficient (Wildman–Crippen LogP) is -2.27. The fourth-order valence-electron chi connectivity index (χ4n) is 0.927. The average molecular weight is 259 g/mol. The van der Waals surface area contributed by atoms with Crippen LogP contribution in [0.25, 0.3) is 0 Å². The van der Waals surface area contributed by atoms with Crippen LogP contribution in [0.15, 0.2) is 0 Å². The van der Waals surface area contributed by atoms with Gasteiger partial charge in [0.05, 0.1) is 0 Å². The van der Waals surface area contributed by atoms with Gasteiger partial charge >= 0.3 is 17.7 Å². The number of hydrogen-bond acceptors (Lipinski definition) is 8. The summed E-state index contributed by atoms with van der Waals surface area (Å²) in [5, 5.41) is 22.7. The maximum absolute atomic E-state index is 11.4. The Balaban J connectivity index is 2.73. The van der Waals surface area contributed by atoms with Gasteiger partial charge in [-0.15, -0.1) is 0 Å². The van der Waals surface area contributed by atoms with Crippen LogP contribution >= 0.6 is 0 Å². The molecule has 98 valence electrons. The van der Waals surface area contributed by atoms with Crippen molar-refractivity contribution in [1.29, 1.82) is 0 Å². The van der Waals surface area contributed by atoms with Crippen LogP contribution in [0.3, 0.4) is 0 Å². The van der Waals surface area contributed by atoms with Crippen LogP contribution in [0.2, 0.25) is 0 Å². The molecule has 1 aromatic rings. The van der Waals surface area contributed by atoms with Crippen molar-refractivity contribution in [3.05, 3.63) is 15.9 Å². The lowest BCUT2D eigenvalue weighted by molar-refractivity contribution is -0.394. The first-order valence-corrected chi connectivity index (χ1v) is 4.53. The molecule has 11 heteroatoms. The highest BCUT2D eigenvalue weighted by Gasteiger charge is 2.27. The zero-order valence-electron chi connectivity index (χ0n) is 9.14. The summed E-state index contributed by atoms with van der Waals surface area (Å²) < 4.78 is 5.33. The number of aliphatic hydroxyl groups is 1. The molecular weight excluding hydrogens is 250 g/mol. The van der Waals surface area contributed by atoms with Gasteiger partial charge in [0.15, 0.2) is 6.10 Å². The molecule has 1 atom stereocenters. The molecule has 1 aromatic heterocycles. The third-order valence-electron chi connectivity index (χ3n) is 1.80. The van der Waals surface area contributed by atoms with Crippen molar-refractivity contribution in [2.75, 3.05) is 6.61 Å². The molecule has 0 aliphatic rings. The first-order chi connectivity index (χ1) is 8.32. The number of aliphatic hydroxyl groups excluding tert-OH is 1. The molecule has 0 spiro atoms. The number of esters is 1. The van der Waals surface area contributed by atoms with Gasteiger partial charge < -0.3 is 25.7 Å². The number of nitrogens with zero attached hydrogens (tertiary/aromatic N) is 4. The molecule has 0 aromatic carbocycles. The van der Waals surface area contributed by atoms with Crippen molar-refractivity contribution in [2.24, 2.45) is 12.8 Å². The Hall–Kier alpha value is -2.56. The second kappa shape index (κ2) is 5.18. The largest absolute Gasteiger partial charge is 0.491 e. The number of nitro groups is 1. The number of hydrogen-bond donors (Lipinski definition) is 2. The molecule has 0 aliphatic carbocycles. The summed E-state index contributed by atoms with van der Waals surface area (Å²) >= 11 is 0. The van der Waals surface area contributed by atoms with E-state index in [2.05, 4.69) is 14.8 Å². The quantitative estimate of drug-likeness (QED) is 0.339.